The highest BCUT2D eigenvalue weighted by molar-refractivity contribution is 7.10. The molecule has 0 saturated heterocycles. The number of aromatic nitrogens is 1. The molecule has 0 aliphatic heterocycles. The van der Waals surface area contributed by atoms with E-state index in [-0.39, 0.29) is 11.9 Å². The largest absolute Gasteiger partial charge is 0.346 e. The Morgan fingerprint density at radius 2 is 2.00 bits per heavy atom. The van der Waals surface area contributed by atoms with Crippen molar-refractivity contribution >= 4 is 28.6 Å². The van der Waals surface area contributed by atoms with Crippen LogP contribution >= 0.6 is 22.7 Å². The van der Waals surface area contributed by atoms with Crippen LogP contribution in [0, 0.1) is 0 Å². The molecule has 4 nitrogen and oxygen atoms in total. The van der Waals surface area contributed by atoms with E-state index in [4.69, 9.17) is 5.73 Å². The molecule has 1 unspecified atom stereocenters. The molecule has 2 heterocycles. The van der Waals surface area contributed by atoms with Gasteiger partial charge in [-0.15, -0.1) is 22.7 Å². The second kappa shape index (κ2) is 7.50. The molecule has 1 atom stereocenters. The molecule has 118 valence electrons. The van der Waals surface area contributed by atoms with E-state index in [1.54, 1.807) is 16.7 Å². The minimum atomic E-state index is -0.193. The highest BCUT2D eigenvalue weighted by atomic mass is 32.1. The molecular weight excluding hydrogens is 326 g/mol. The summed E-state index contributed by atoms with van der Waals surface area (Å²) in [6.07, 6.45) is 0.713. The Kier molecular flexibility index (Phi) is 5.17. The number of thiophene rings is 1. The smallest absolute Gasteiger partial charge is 0.271 e. The highest BCUT2D eigenvalue weighted by Crippen LogP contribution is 2.20. The minimum Gasteiger partial charge on any atom is -0.346 e. The van der Waals surface area contributed by atoms with E-state index in [9.17, 15) is 4.79 Å². The van der Waals surface area contributed by atoms with E-state index in [1.165, 1.54) is 16.9 Å². The number of nitrogens with one attached hydrogen (secondary N) is 1. The predicted molar refractivity (Wildman–Crippen MR) is 94.7 cm³/mol. The Morgan fingerprint density at radius 3 is 2.74 bits per heavy atom. The number of benzene rings is 1. The van der Waals surface area contributed by atoms with Crippen LogP contribution in [0.15, 0.2) is 53.2 Å². The van der Waals surface area contributed by atoms with Gasteiger partial charge in [0.1, 0.15) is 10.7 Å². The number of amides is 1. The monoisotopic (exact) mass is 343 g/mol. The molecule has 0 aliphatic carbocycles. The number of nitrogens with two attached hydrogens (primary N) is 1. The summed E-state index contributed by atoms with van der Waals surface area (Å²) in [5.41, 5.74) is 7.81. The second-order valence-corrected chi connectivity index (χ2v) is 7.05. The van der Waals surface area contributed by atoms with Crippen LogP contribution < -0.4 is 11.1 Å². The van der Waals surface area contributed by atoms with Gasteiger partial charge in [-0.1, -0.05) is 36.4 Å². The lowest BCUT2D eigenvalue weighted by Crippen LogP contribution is -2.23. The molecule has 1 amide bonds. The number of hydrogen-bond donors (Lipinski definition) is 2. The average Bonchev–Trinajstić information content (AvgIpc) is 3.25. The van der Waals surface area contributed by atoms with Crippen LogP contribution in [0.1, 0.15) is 32.0 Å². The normalized spacial score (nSPS) is 12.0. The molecule has 0 spiro atoms. The van der Waals surface area contributed by atoms with Crippen molar-refractivity contribution in [2.45, 2.75) is 19.0 Å². The third-order valence-corrected chi connectivity index (χ3v) is 5.23. The van der Waals surface area contributed by atoms with Crippen LogP contribution in [-0.4, -0.2) is 10.9 Å². The second-order valence-electron chi connectivity index (χ2n) is 5.13. The van der Waals surface area contributed by atoms with E-state index in [0.717, 1.165) is 9.88 Å². The molecule has 0 radical (unpaired) electrons. The maximum absolute atomic E-state index is 12.1. The van der Waals surface area contributed by atoms with Gasteiger partial charge < -0.3 is 11.1 Å². The Bertz CT molecular complexity index is 753. The fourth-order valence-electron chi connectivity index (χ4n) is 2.19. The standard InChI is InChI=1S/C17H17N3OS2/c18-14(9-12-5-2-1-3-6-12)17-20-15(11-23-17)16(21)19-10-13-7-4-8-22-13/h1-8,11,14H,9-10,18H2,(H,19,21). The number of rotatable bonds is 6. The van der Waals surface area contributed by atoms with Gasteiger partial charge in [0.25, 0.3) is 5.91 Å². The minimum absolute atomic E-state index is 0.159. The van der Waals surface area contributed by atoms with E-state index < -0.39 is 0 Å². The van der Waals surface area contributed by atoms with Crippen molar-refractivity contribution in [2.24, 2.45) is 5.73 Å². The lowest BCUT2D eigenvalue weighted by molar-refractivity contribution is 0.0947. The van der Waals surface area contributed by atoms with Gasteiger partial charge in [0, 0.05) is 10.3 Å². The summed E-state index contributed by atoms with van der Waals surface area (Å²) in [6, 6.07) is 13.8. The maximum atomic E-state index is 12.1. The van der Waals surface area contributed by atoms with Gasteiger partial charge in [0.2, 0.25) is 0 Å². The average molecular weight is 343 g/mol. The van der Waals surface area contributed by atoms with Crippen molar-refractivity contribution in [1.29, 1.82) is 0 Å². The van der Waals surface area contributed by atoms with Crippen LogP contribution in [0.25, 0.3) is 0 Å². The van der Waals surface area contributed by atoms with Crippen molar-refractivity contribution in [3.8, 4) is 0 Å². The summed E-state index contributed by atoms with van der Waals surface area (Å²) >= 11 is 3.05. The molecule has 23 heavy (non-hydrogen) atoms. The van der Waals surface area contributed by atoms with Crippen LogP contribution in [0.2, 0.25) is 0 Å². The summed E-state index contributed by atoms with van der Waals surface area (Å²) in [4.78, 5) is 17.6. The zero-order valence-corrected chi connectivity index (χ0v) is 14.1. The zero-order valence-electron chi connectivity index (χ0n) is 12.4. The van der Waals surface area contributed by atoms with Crippen LogP contribution in [0.4, 0.5) is 0 Å². The van der Waals surface area contributed by atoms with E-state index in [1.807, 2.05) is 47.8 Å². The molecule has 3 aromatic rings. The molecule has 3 rings (SSSR count). The Labute approximate surface area is 143 Å². The lowest BCUT2D eigenvalue weighted by Gasteiger charge is -2.08. The fraction of sp³-hybridized carbons (Fsp3) is 0.176. The fourth-order valence-corrected chi connectivity index (χ4v) is 3.63. The van der Waals surface area contributed by atoms with Crippen molar-refractivity contribution in [3.63, 3.8) is 0 Å². The van der Waals surface area contributed by atoms with Gasteiger partial charge in [-0.05, 0) is 23.4 Å². The number of carbonyl (C=O) groups excluding carboxylic acids is 1. The molecule has 0 bridgehead atoms. The van der Waals surface area contributed by atoms with E-state index in [2.05, 4.69) is 10.3 Å². The third kappa shape index (κ3) is 4.25. The Hall–Kier alpha value is -2.02. The van der Waals surface area contributed by atoms with Crippen molar-refractivity contribution in [1.82, 2.24) is 10.3 Å². The van der Waals surface area contributed by atoms with Gasteiger partial charge in [-0.25, -0.2) is 4.98 Å². The third-order valence-electron chi connectivity index (χ3n) is 3.37. The summed E-state index contributed by atoms with van der Waals surface area (Å²) in [5, 5.41) is 7.42. The first kappa shape index (κ1) is 15.9. The molecule has 0 saturated carbocycles. The summed E-state index contributed by atoms with van der Waals surface area (Å²) < 4.78 is 0. The predicted octanol–water partition coefficient (Wildman–Crippen LogP) is 3.38. The number of nitrogens with zero attached hydrogens (tertiary/aromatic N) is 1. The van der Waals surface area contributed by atoms with Crippen molar-refractivity contribution < 1.29 is 4.79 Å². The van der Waals surface area contributed by atoms with Crippen LogP contribution in [-0.2, 0) is 13.0 Å². The van der Waals surface area contributed by atoms with Gasteiger partial charge in [-0.3, -0.25) is 4.79 Å². The number of hydrogen-bond acceptors (Lipinski definition) is 5. The summed E-state index contributed by atoms with van der Waals surface area (Å²) in [6.45, 7) is 0.527. The molecule has 2 aromatic heterocycles. The van der Waals surface area contributed by atoms with E-state index >= 15 is 0 Å². The first-order valence-electron chi connectivity index (χ1n) is 7.28. The summed E-state index contributed by atoms with van der Waals surface area (Å²) in [5.74, 6) is -0.159. The van der Waals surface area contributed by atoms with Gasteiger partial charge >= 0.3 is 0 Å². The van der Waals surface area contributed by atoms with Gasteiger partial charge in [0.15, 0.2) is 0 Å². The lowest BCUT2D eigenvalue weighted by atomic mass is 10.1. The topological polar surface area (TPSA) is 68.0 Å². The Balaban J connectivity index is 1.59. The maximum Gasteiger partial charge on any atom is 0.271 e. The molecule has 0 fully saturated rings. The van der Waals surface area contributed by atoms with E-state index in [0.29, 0.717) is 18.7 Å². The van der Waals surface area contributed by atoms with Crippen molar-refractivity contribution in [2.75, 3.05) is 0 Å². The first-order valence-corrected chi connectivity index (χ1v) is 9.04. The molecular formula is C17H17N3OS2. The zero-order chi connectivity index (χ0) is 16.1. The van der Waals surface area contributed by atoms with Gasteiger partial charge in [0.05, 0.1) is 12.6 Å². The number of thiazole rings is 1. The molecule has 6 heteroatoms. The molecule has 1 aromatic carbocycles. The van der Waals surface area contributed by atoms with Crippen LogP contribution in [0.3, 0.4) is 0 Å². The first-order chi connectivity index (χ1) is 11.2. The highest BCUT2D eigenvalue weighted by Gasteiger charge is 2.15. The van der Waals surface area contributed by atoms with Gasteiger partial charge in [-0.2, -0.15) is 0 Å². The molecule has 0 aliphatic rings. The molecule has 3 N–H and O–H groups in total. The summed E-state index contributed by atoms with van der Waals surface area (Å²) in [7, 11) is 0. The quantitative estimate of drug-likeness (QED) is 0.721. The Morgan fingerprint density at radius 1 is 1.17 bits per heavy atom. The van der Waals surface area contributed by atoms with Crippen LogP contribution in [0.5, 0.6) is 0 Å². The SMILES string of the molecule is NC(Cc1ccccc1)c1nc(C(=O)NCc2cccs2)cs1. The number of carbonyl (C=O) groups is 1. The van der Waals surface area contributed by atoms with Crippen molar-refractivity contribution in [3.05, 3.63) is 74.4 Å².